The van der Waals surface area contributed by atoms with Crippen LogP contribution in [0.2, 0.25) is 0 Å². The SMILES string of the molecule is CC(Oc1ccccc1F)c1nnc(SCC(=O)Nc2cccc(O)c2)n1-c1ccccc1. The predicted molar refractivity (Wildman–Crippen MR) is 124 cm³/mol. The van der Waals surface area contributed by atoms with Crippen LogP contribution in [0.1, 0.15) is 18.9 Å². The number of carbonyl (C=O) groups is 1. The number of carbonyl (C=O) groups excluding carboxylic acids is 1. The Kier molecular flexibility index (Phi) is 6.89. The molecule has 0 saturated heterocycles. The molecule has 0 radical (unpaired) electrons. The number of anilines is 1. The first-order valence-electron chi connectivity index (χ1n) is 10.1. The topological polar surface area (TPSA) is 89.3 Å². The zero-order chi connectivity index (χ0) is 23.2. The van der Waals surface area contributed by atoms with Gasteiger partial charge in [0, 0.05) is 17.4 Å². The molecule has 0 fully saturated rings. The van der Waals surface area contributed by atoms with Crippen LogP contribution < -0.4 is 10.1 Å². The largest absolute Gasteiger partial charge is 0.508 e. The van der Waals surface area contributed by atoms with E-state index in [2.05, 4.69) is 15.5 Å². The van der Waals surface area contributed by atoms with E-state index < -0.39 is 11.9 Å². The fourth-order valence-electron chi connectivity index (χ4n) is 3.15. The smallest absolute Gasteiger partial charge is 0.234 e. The molecule has 4 rings (SSSR count). The third-order valence-corrected chi connectivity index (χ3v) is 5.57. The van der Waals surface area contributed by atoms with Crippen molar-refractivity contribution >= 4 is 23.4 Å². The Morgan fingerprint density at radius 2 is 1.85 bits per heavy atom. The lowest BCUT2D eigenvalue weighted by Gasteiger charge is -2.17. The van der Waals surface area contributed by atoms with E-state index in [-0.39, 0.29) is 23.2 Å². The van der Waals surface area contributed by atoms with E-state index in [4.69, 9.17) is 4.74 Å². The van der Waals surface area contributed by atoms with Gasteiger partial charge >= 0.3 is 0 Å². The molecule has 0 aliphatic rings. The third-order valence-electron chi connectivity index (χ3n) is 4.64. The highest BCUT2D eigenvalue weighted by molar-refractivity contribution is 7.99. The monoisotopic (exact) mass is 464 g/mol. The highest BCUT2D eigenvalue weighted by Crippen LogP contribution is 2.29. The van der Waals surface area contributed by atoms with Crippen molar-refractivity contribution in [2.45, 2.75) is 18.2 Å². The minimum atomic E-state index is -0.606. The Balaban J connectivity index is 1.55. The van der Waals surface area contributed by atoms with Crippen LogP contribution in [-0.2, 0) is 4.79 Å². The number of phenolic OH excluding ortho intramolecular Hbond substituents is 1. The molecule has 3 aromatic carbocycles. The van der Waals surface area contributed by atoms with E-state index in [1.165, 1.54) is 30.0 Å². The molecule has 1 heterocycles. The average molecular weight is 465 g/mol. The normalized spacial score (nSPS) is 11.7. The lowest BCUT2D eigenvalue weighted by Crippen LogP contribution is -2.15. The molecule has 1 unspecified atom stereocenters. The quantitative estimate of drug-likeness (QED) is 0.358. The van der Waals surface area contributed by atoms with Gasteiger partial charge in [-0.2, -0.15) is 0 Å². The second kappa shape index (κ2) is 10.2. The average Bonchev–Trinajstić information content (AvgIpc) is 3.24. The number of para-hydroxylation sites is 2. The van der Waals surface area contributed by atoms with E-state index >= 15 is 0 Å². The molecule has 0 bridgehead atoms. The number of amides is 1. The predicted octanol–water partition coefficient (Wildman–Crippen LogP) is 4.98. The summed E-state index contributed by atoms with van der Waals surface area (Å²) >= 11 is 1.21. The molecule has 0 saturated carbocycles. The number of nitrogens with one attached hydrogen (secondary N) is 1. The first-order chi connectivity index (χ1) is 16.0. The molecular formula is C24H21FN4O3S. The fraction of sp³-hybridized carbons (Fsp3) is 0.125. The van der Waals surface area contributed by atoms with Gasteiger partial charge in [-0.3, -0.25) is 9.36 Å². The van der Waals surface area contributed by atoms with Crippen molar-refractivity contribution in [1.82, 2.24) is 14.8 Å². The molecule has 168 valence electrons. The van der Waals surface area contributed by atoms with Gasteiger partial charge in [-0.05, 0) is 43.3 Å². The first kappa shape index (κ1) is 22.3. The summed E-state index contributed by atoms with van der Waals surface area (Å²) in [5.74, 6) is 0.00701. The van der Waals surface area contributed by atoms with E-state index in [0.717, 1.165) is 5.69 Å². The van der Waals surface area contributed by atoms with Crippen LogP contribution in [0.5, 0.6) is 11.5 Å². The first-order valence-corrected chi connectivity index (χ1v) is 11.1. The van der Waals surface area contributed by atoms with Crippen molar-refractivity contribution in [1.29, 1.82) is 0 Å². The summed E-state index contributed by atoms with van der Waals surface area (Å²) < 4.78 is 21.7. The highest BCUT2D eigenvalue weighted by Gasteiger charge is 2.22. The van der Waals surface area contributed by atoms with Crippen LogP contribution in [0.15, 0.2) is 84.0 Å². The molecule has 9 heteroatoms. The van der Waals surface area contributed by atoms with E-state index in [1.54, 1.807) is 41.8 Å². The van der Waals surface area contributed by atoms with Crippen molar-refractivity contribution in [2.75, 3.05) is 11.1 Å². The van der Waals surface area contributed by atoms with Crippen molar-refractivity contribution in [3.63, 3.8) is 0 Å². The van der Waals surface area contributed by atoms with Gasteiger partial charge in [-0.1, -0.05) is 48.2 Å². The van der Waals surface area contributed by atoms with Gasteiger partial charge in [0.1, 0.15) is 5.75 Å². The van der Waals surface area contributed by atoms with E-state index in [9.17, 15) is 14.3 Å². The molecule has 33 heavy (non-hydrogen) atoms. The standard InChI is InChI=1S/C24H21FN4O3S/c1-16(32-21-13-6-5-12-20(21)25)23-27-28-24(29(23)18-9-3-2-4-10-18)33-15-22(31)26-17-8-7-11-19(30)14-17/h2-14,16,30H,15H2,1H3,(H,26,31). The summed E-state index contributed by atoms with van der Waals surface area (Å²) in [7, 11) is 0. The minimum Gasteiger partial charge on any atom is -0.508 e. The number of benzene rings is 3. The second-order valence-electron chi connectivity index (χ2n) is 7.09. The zero-order valence-corrected chi connectivity index (χ0v) is 18.5. The van der Waals surface area contributed by atoms with Gasteiger partial charge < -0.3 is 15.2 Å². The lowest BCUT2D eigenvalue weighted by atomic mass is 10.3. The lowest BCUT2D eigenvalue weighted by molar-refractivity contribution is -0.113. The van der Waals surface area contributed by atoms with Gasteiger partial charge in [-0.15, -0.1) is 10.2 Å². The Bertz CT molecular complexity index is 1250. The van der Waals surface area contributed by atoms with Crippen LogP contribution in [0.25, 0.3) is 5.69 Å². The molecule has 4 aromatic rings. The van der Waals surface area contributed by atoms with Gasteiger partial charge in [0.25, 0.3) is 0 Å². The van der Waals surface area contributed by atoms with E-state index in [1.807, 2.05) is 30.3 Å². The number of halogens is 1. The maximum atomic E-state index is 14.1. The maximum Gasteiger partial charge on any atom is 0.234 e. The molecule has 7 nitrogen and oxygen atoms in total. The Hall–Kier alpha value is -3.85. The van der Waals surface area contributed by atoms with Crippen LogP contribution in [-0.4, -0.2) is 31.5 Å². The summed E-state index contributed by atoms with van der Waals surface area (Å²) in [5, 5.41) is 21.3. The molecule has 2 N–H and O–H groups in total. The second-order valence-corrected chi connectivity index (χ2v) is 8.03. The van der Waals surface area contributed by atoms with Gasteiger partial charge in [0.05, 0.1) is 5.75 Å². The number of hydrogen-bond acceptors (Lipinski definition) is 6. The number of nitrogens with zero attached hydrogens (tertiary/aromatic N) is 3. The summed E-state index contributed by atoms with van der Waals surface area (Å²) in [6.07, 6.45) is -0.606. The van der Waals surface area contributed by atoms with Crippen molar-refractivity contribution in [3.05, 3.63) is 90.5 Å². The van der Waals surface area contributed by atoms with Crippen LogP contribution in [0.4, 0.5) is 10.1 Å². The van der Waals surface area contributed by atoms with Crippen LogP contribution >= 0.6 is 11.8 Å². The molecular weight excluding hydrogens is 443 g/mol. The third kappa shape index (κ3) is 5.50. The van der Waals surface area contributed by atoms with Gasteiger partial charge in [-0.25, -0.2) is 4.39 Å². The summed E-state index contributed by atoms with van der Waals surface area (Å²) in [5.41, 5.74) is 1.29. The Labute approximate surface area is 194 Å². The zero-order valence-electron chi connectivity index (χ0n) is 17.7. The minimum absolute atomic E-state index is 0.0674. The van der Waals surface area contributed by atoms with Gasteiger partial charge in [0.15, 0.2) is 28.7 Å². The number of rotatable bonds is 8. The molecule has 1 aromatic heterocycles. The summed E-state index contributed by atoms with van der Waals surface area (Å²) in [6.45, 7) is 1.76. The Morgan fingerprint density at radius 3 is 2.61 bits per heavy atom. The number of ether oxygens (including phenoxy) is 1. The number of thioether (sulfide) groups is 1. The maximum absolute atomic E-state index is 14.1. The number of aromatic nitrogens is 3. The highest BCUT2D eigenvalue weighted by atomic mass is 32.2. The molecule has 0 aliphatic heterocycles. The van der Waals surface area contributed by atoms with E-state index in [0.29, 0.717) is 16.7 Å². The Morgan fingerprint density at radius 1 is 1.09 bits per heavy atom. The van der Waals surface area contributed by atoms with Crippen molar-refractivity contribution in [3.8, 4) is 17.2 Å². The summed E-state index contributed by atoms with van der Waals surface area (Å²) in [4.78, 5) is 12.4. The van der Waals surface area contributed by atoms with Crippen LogP contribution in [0.3, 0.4) is 0 Å². The fourth-order valence-corrected chi connectivity index (χ4v) is 3.91. The van der Waals surface area contributed by atoms with Crippen molar-refractivity contribution in [2.24, 2.45) is 0 Å². The van der Waals surface area contributed by atoms with Crippen molar-refractivity contribution < 1.29 is 19.0 Å². The number of hydrogen-bond donors (Lipinski definition) is 2. The molecule has 1 amide bonds. The van der Waals surface area contributed by atoms with Gasteiger partial charge in [0.2, 0.25) is 5.91 Å². The summed E-state index contributed by atoms with van der Waals surface area (Å²) in [6, 6.07) is 21.9. The van der Waals surface area contributed by atoms with Crippen LogP contribution in [0, 0.1) is 5.82 Å². The molecule has 1 atom stereocenters. The molecule has 0 aliphatic carbocycles. The number of phenols is 1. The number of aromatic hydroxyl groups is 1. The molecule has 0 spiro atoms.